The fraction of sp³-hybridized carbons (Fsp3) is 0.276. The first kappa shape index (κ1) is 26.2. The smallest absolute Gasteiger partial charge is 0.261 e. The van der Waals surface area contributed by atoms with Gasteiger partial charge in [0.1, 0.15) is 24.9 Å². The standard InChI is InChI=1S/C29H30N6O4/c1-3-6-27-30-26-14-13-22(39-16-15-36)17-25(26)29(37)34(27)18-20-9-11-21(12-10-20)23-7-4-5-8-24(23)28-31-32-33-35(28)19-38-2/h4-5,7-14,17,36H,3,6,15-16,18-19H2,1-2H3. The third-order valence-corrected chi connectivity index (χ3v) is 6.40. The van der Waals surface area contributed by atoms with E-state index in [-0.39, 0.29) is 25.5 Å². The molecule has 0 atom stereocenters. The molecule has 10 heteroatoms. The van der Waals surface area contributed by atoms with Gasteiger partial charge in [-0.25, -0.2) is 4.98 Å². The lowest BCUT2D eigenvalue weighted by atomic mass is 9.98. The number of ether oxygens (including phenoxy) is 2. The summed E-state index contributed by atoms with van der Waals surface area (Å²) in [4.78, 5) is 18.4. The van der Waals surface area contributed by atoms with Crippen molar-refractivity contribution in [1.29, 1.82) is 0 Å². The molecule has 1 N–H and O–H groups in total. The second-order valence-electron chi connectivity index (χ2n) is 9.08. The minimum absolute atomic E-state index is 0.0966. The van der Waals surface area contributed by atoms with Crippen LogP contribution in [0.3, 0.4) is 0 Å². The average molecular weight is 527 g/mol. The van der Waals surface area contributed by atoms with Crippen molar-refractivity contribution >= 4 is 10.9 Å². The Hall–Kier alpha value is -4.41. The highest BCUT2D eigenvalue weighted by Crippen LogP contribution is 2.31. The number of nitrogens with zero attached hydrogens (tertiary/aromatic N) is 6. The van der Waals surface area contributed by atoms with E-state index in [0.29, 0.717) is 35.4 Å². The predicted octanol–water partition coefficient (Wildman–Crippen LogP) is 3.69. The van der Waals surface area contributed by atoms with Gasteiger partial charge >= 0.3 is 0 Å². The van der Waals surface area contributed by atoms with Crippen LogP contribution in [-0.2, 0) is 24.4 Å². The maximum absolute atomic E-state index is 13.6. The molecule has 0 unspecified atom stereocenters. The molecule has 0 saturated carbocycles. The number of aromatic nitrogens is 6. The number of hydrogen-bond acceptors (Lipinski definition) is 8. The lowest BCUT2D eigenvalue weighted by Crippen LogP contribution is -2.26. The van der Waals surface area contributed by atoms with Crippen molar-refractivity contribution in [3.63, 3.8) is 0 Å². The molecule has 0 spiro atoms. The van der Waals surface area contributed by atoms with Gasteiger partial charge in [0.2, 0.25) is 0 Å². The summed E-state index contributed by atoms with van der Waals surface area (Å²) in [5.41, 5.74) is 4.39. The van der Waals surface area contributed by atoms with Crippen molar-refractivity contribution in [1.82, 2.24) is 29.8 Å². The van der Waals surface area contributed by atoms with E-state index in [1.807, 2.05) is 48.5 Å². The third kappa shape index (κ3) is 5.57. The quantitative estimate of drug-likeness (QED) is 0.277. The van der Waals surface area contributed by atoms with Crippen LogP contribution in [0.5, 0.6) is 5.75 Å². The molecule has 0 saturated heterocycles. The second-order valence-corrected chi connectivity index (χ2v) is 9.08. The number of hydrogen-bond donors (Lipinski definition) is 1. The summed E-state index contributed by atoms with van der Waals surface area (Å²) in [6, 6.07) is 21.3. The molecule has 3 aromatic carbocycles. The zero-order chi connectivity index (χ0) is 27.2. The summed E-state index contributed by atoms with van der Waals surface area (Å²) in [5, 5.41) is 21.6. The molecule has 0 aliphatic carbocycles. The third-order valence-electron chi connectivity index (χ3n) is 6.40. The van der Waals surface area contributed by atoms with Crippen LogP contribution in [0, 0.1) is 0 Å². The summed E-state index contributed by atoms with van der Waals surface area (Å²) in [6.45, 7) is 2.78. The average Bonchev–Trinajstić information content (AvgIpc) is 3.43. The molecule has 0 aliphatic rings. The Labute approximate surface area is 225 Å². The molecule has 5 aromatic rings. The normalized spacial score (nSPS) is 11.3. The minimum atomic E-state index is -0.114. The van der Waals surface area contributed by atoms with Crippen molar-refractivity contribution in [3.8, 4) is 28.3 Å². The highest BCUT2D eigenvalue weighted by Gasteiger charge is 2.15. The predicted molar refractivity (Wildman–Crippen MR) is 147 cm³/mol. The molecule has 0 fully saturated rings. The van der Waals surface area contributed by atoms with E-state index in [4.69, 9.17) is 19.6 Å². The fourth-order valence-corrected chi connectivity index (χ4v) is 4.59. The van der Waals surface area contributed by atoms with Gasteiger partial charge in [-0.05, 0) is 51.7 Å². The molecular formula is C29H30N6O4. The molecule has 0 aliphatic heterocycles. The molecule has 0 amide bonds. The van der Waals surface area contributed by atoms with E-state index in [0.717, 1.165) is 34.5 Å². The van der Waals surface area contributed by atoms with Crippen LogP contribution in [0.15, 0.2) is 71.5 Å². The number of methoxy groups -OCH3 is 1. The van der Waals surface area contributed by atoms with Crippen LogP contribution >= 0.6 is 0 Å². The van der Waals surface area contributed by atoms with E-state index in [1.54, 1.807) is 34.6 Å². The number of benzene rings is 3. The monoisotopic (exact) mass is 526 g/mol. The van der Waals surface area contributed by atoms with Crippen molar-refractivity contribution < 1.29 is 14.6 Å². The SMILES string of the molecule is CCCc1nc2ccc(OCCO)cc2c(=O)n1Cc1ccc(-c2ccccc2-c2nnnn2COC)cc1. The first-order valence-electron chi connectivity index (χ1n) is 12.8. The molecule has 10 nitrogen and oxygen atoms in total. The summed E-state index contributed by atoms with van der Waals surface area (Å²) in [7, 11) is 1.60. The Balaban J connectivity index is 1.48. The Morgan fingerprint density at radius 2 is 1.79 bits per heavy atom. The zero-order valence-electron chi connectivity index (χ0n) is 21.9. The lowest BCUT2D eigenvalue weighted by Gasteiger charge is -2.15. The molecule has 0 bridgehead atoms. The second kappa shape index (κ2) is 12.0. The van der Waals surface area contributed by atoms with Crippen LogP contribution in [0.1, 0.15) is 24.7 Å². The van der Waals surface area contributed by atoms with E-state index >= 15 is 0 Å². The van der Waals surface area contributed by atoms with Gasteiger partial charge in [-0.2, -0.15) is 4.68 Å². The summed E-state index contributed by atoms with van der Waals surface area (Å²) >= 11 is 0. The van der Waals surface area contributed by atoms with E-state index in [1.165, 1.54) is 0 Å². The molecule has 200 valence electrons. The van der Waals surface area contributed by atoms with Crippen LogP contribution in [0.2, 0.25) is 0 Å². The molecule has 2 aromatic heterocycles. The highest BCUT2D eigenvalue weighted by molar-refractivity contribution is 5.81. The number of aliphatic hydroxyl groups is 1. The maximum atomic E-state index is 13.6. The van der Waals surface area contributed by atoms with Gasteiger partial charge in [0.25, 0.3) is 5.56 Å². The Morgan fingerprint density at radius 1 is 1.00 bits per heavy atom. The first-order valence-corrected chi connectivity index (χ1v) is 12.8. The summed E-state index contributed by atoms with van der Waals surface area (Å²) in [6.07, 6.45) is 1.56. The topological polar surface area (TPSA) is 117 Å². The van der Waals surface area contributed by atoms with Gasteiger partial charge in [-0.1, -0.05) is 55.5 Å². The van der Waals surface area contributed by atoms with E-state index in [9.17, 15) is 4.79 Å². The molecule has 5 rings (SSSR count). The van der Waals surface area contributed by atoms with E-state index in [2.05, 4.69) is 22.4 Å². The molecule has 2 heterocycles. The van der Waals surface area contributed by atoms with Gasteiger partial charge in [-0.15, -0.1) is 5.10 Å². The van der Waals surface area contributed by atoms with Gasteiger partial charge in [-0.3, -0.25) is 9.36 Å². The van der Waals surface area contributed by atoms with Crippen LogP contribution in [-0.4, -0.2) is 55.2 Å². The van der Waals surface area contributed by atoms with Crippen LogP contribution in [0.25, 0.3) is 33.4 Å². The van der Waals surface area contributed by atoms with Gasteiger partial charge in [0.15, 0.2) is 5.82 Å². The van der Waals surface area contributed by atoms with Crippen molar-refractivity contribution in [2.24, 2.45) is 0 Å². The summed E-state index contributed by atoms with van der Waals surface area (Å²) in [5.74, 6) is 1.90. The zero-order valence-corrected chi connectivity index (χ0v) is 21.9. The Bertz CT molecular complexity index is 1630. The minimum Gasteiger partial charge on any atom is -0.491 e. The largest absolute Gasteiger partial charge is 0.491 e. The number of aliphatic hydroxyl groups excluding tert-OH is 1. The van der Waals surface area contributed by atoms with Crippen molar-refractivity contribution in [2.45, 2.75) is 33.0 Å². The van der Waals surface area contributed by atoms with Gasteiger partial charge in [0.05, 0.1) is 24.1 Å². The van der Waals surface area contributed by atoms with Crippen molar-refractivity contribution in [2.75, 3.05) is 20.3 Å². The molecule has 0 radical (unpaired) electrons. The Morgan fingerprint density at radius 3 is 2.54 bits per heavy atom. The number of rotatable bonds is 11. The van der Waals surface area contributed by atoms with E-state index < -0.39 is 0 Å². The molecular weight excluding hydrogens is 496 g/mol. The van der Waals surface area contributed by atoms with Gasteiger partial charge in [0, 0.05) is 19.1 Å². The molecule has 39 heavy (non-hydrogen) atoms. The summed E-state index contributed by atoms with van der Waals surface area (Å²) < 4.78 is 14.1. The maximum Gasteiger partial charge on any atom is 0.261 e. The number of fused-ring (bicyclic) bond motifs is 1. The van der Waals surface area contributed by atoms with Crippen molar-refractivity contribution in [3.05, 3.63) is 88.5 Å². The lowest BCUT2D eigenvalue weighted by molar-refractivity contribution is 0.120. The van der Waals surface area contributed by atoms with Crippen LogP contribution < -0.4 is 10.3 Å². The fourth-order valence-electron chi connectivity index (χ4n) is 4.59. The number of tetrazole rings is 1. The Kier molecular flexibility index (Phi) is 8.04. The first-order chi connectivity index (χ1) is 19.1. The number of aryl methyl sites for hydroxylation is 1. The van der Waals surface area contributed by atoms with Crippen LogP contribution in [0.4, 0.5) is 0 Å². The highest BCUT2D eigenvalue weighted by atomic mass is 16.5. The van der Waals surface area contributed by atoms with Gasteiger partial charge < -0.3 is 14.6 Å².